The Bertz CT molecular complexity index is 912. The van der Waals surface area contributed by atoms with E-state index in [-0.39, 0.29) is 38.0 Å². The maximum absolute atomic E-state index is 13.5. The van der Waals surface area contributed by atoms with Crippen molar-refractivity contribution in [1.82, 2.24) is 0 Å². The fourth-order valence-electron chi connectivity index (χ4n) is 4.43. The SMILES string of the molecule is COCOc1ccc(C(=O)[C@H]2CCC[C@H]2c2cc(OCOC)cc(COC)c2OCOC)cc1. The predicted octanol–water partition coefficient (Wildman–Crippen LogP) is 4.55. The normalized spacial score (nSPS) is 17.5. The zero-order valence-corrected chi connectivity index (χ0v) is 20.3. The van der Waals surface area contributed by atoms with Crippen LogP contribution in [0.15, 0.2) is 36.4 Å². The van der Waals surface area contributed by atoms with Gasteiger partial charge in [0.15, 0.2) is 26.2 Å². The van der Waals surface area contributed by atoms with Crippen LogP contribution in [-0.4, -0.2) is 54.6 Å². The van der Waals surface area contributed by atoms with Crippen molar-refractivity contribution in [3.8, 4) is 17.2 Å². The Morgan fingerprint density at radius 1 is 0.794 bits per heavy atom. The van der Waals surface area contributed by atoms with Crippen LogP contribution in [0.25, 0.3) is 0 Å². The van der Waals surface area contributed by atoms with Gasteiger partial charge in [-0.15, -0.1) is 0 Å². The van der Waals surface area contributed by atoms with Crippen LogP contribution < -0.4 is 14.2 Å². The van der Waals surface area contributed by atoms with Crippen molar-refractivity contribution in [2.75, 3.05) is 48.8 Å². The van der Waals surface area contributed by atoms with E-state index in [0.29, 0.717) is 29.4 Å². The number of benzene rings is 2. The van der Waals surface area contributed by atoms with Gasteiger partial charge in [-0.05, 0) is 55.2 Å². The van der Waals surface area contributed by atoms with Gasteiger partial charge in [0, 0.05) is 51.0 Å². The van der Waals surface area contributed by atoms with Crippen molar-refractivity contribution in [2.24, 2.45) is 5.92 Å². The summed E-state index contributed by atoms with van der Waals surface area (Å²) in [6.45, 7) is 0.711. The van der Waals surface area contributed by atoms with Crippen LogP contribution in [0.4, 0.5) is 0 Å². The first kappa shape index (κ1) is 26.0. The smallest absolute Gasteiger partial charge is 0.188 e. The van der Waals surface area contributed by atoms with E-state index in [1.54, 1.807) is 52.7 Å². The van der Waals surface area contributed by atoms with Crippen molar-refractivity contribution in [1.29, 1.82) is 0 Å². The van der Waals surface area contributed by atoms with E-state index < -0.39 is 0 Å². The van der Waals surface area contributed by atoms with Crippen LogP contribution in [0.5, 0.6) is 17.2 Å². The molecule has 1 fully saturated rings. The molecule has 0 saturated heterocycles. The summed E-state index contributed by atoms with van der Waals surface area (Å²) < 4.78 is 37.8. The highest BCUT2D eigenvalue weighted by molar-refractivity contribution is 5.98. The number of ketones is 1. The summed E-state index contributed by atoms with van der Waals surface area (Å²) in [6.07, 6.45) is 2.62. The van der Waals surface area contributed by atoms with Crippen molar-refractivity contribution in [2.45, 2.75) is 31.8 Å². The molecule has 0 spiro atoms. The van der Waals surface area contributed by atoms with Gasteiger partial charge < -0.3 is 33.2 Å². The fraction of sp³-hybridized carbons (Fsp3) is 0.500. The van der Waals surface area contributed by atoms with E-state index >= 15 is 0 Å². The average molecular weight is 475 g/mol. The molecule has 0 radical (unpaired) electrons. The van der Waals surface area contributed by atoms with Gasteiger partial charge in [0.1, 0.15) is 17.2 Å². The van der Waals surface area contributed by atoms with Crippen LogP contribution in [0.3, 0.4) is 0 Å². The molecule has 2 aromatic rings. The molecule has 0 heterocycles. The predicted molar refractivity (Wildman–Crippen MR) is 126 cm³/mol. The topological polar surface area (TPSA) is 81.7 Å². The van der Waals surface area contributed by atoms with E-state index in [0.717, 1.165) is 30.4 Å². The molecule has 0 N–H and O–H groups in total. The number of Topliss-reactive ketones (excluding diaryl/α,β-unsaturated/α-hetero) is 1. The molecular weight excluding hydrogens is 440 g/mol. The van der Waals surface area contributed by atoms with E-state index in [1.165, 1.54) is 0 Å². The maximum Gasteiger partial charge on any atom is 0.188 e. The summed E-state index contributed by atoms with van der Waals surface area (Å²) >= 11 is 0. The number of carbonyl (C=O) groups is 1. The lowest BCUT2D eigenvalue weighted by Crippen LogP contribution is -2.19. The van der Waals surface area contributed by atoms with Crippen molar-refractivity contribution in [3.63, 3.8) is 0 Å². The number of carbonyl (C=O) groups excluding carboxylic acids is 1. The number of ether oxygens (including phenoxy) is 7. The van der Waals surface area contributed by atoms with Crippen molar-refractivity contribution < 1.29 is 38.0 Å². The van der Waals surface area contributed by atoms with E-state index in [9.17, 15) is 4.79 Å². The molecule has 2 aromatic carbocycles. The van der Waals surface area contributed by atoms with Crippen LogP contribution >= 0.6 is 0 Å². The molecular formula is C26H34O8. The Labute approximate surface area is 201 Å². The molecule has 0 aliphatic heterocycles. The molecule has 0 bridgehead atoms. The van der Waals surface area contributed by atoms with Gasteiger partial charge in [-0.3, -0.25) is 4.79 Å². The highest BCUT2D eigenvalue weighted by Gasteiger charge is 2.37. The van der Waals surface area contributed by atoms with Gasteiger partial charge in [-0.2, -0.15) is 0 Å². The molecule has 0 aromatic heterocycles. The minimum Gasteiger partial charge on any atom is -0.468 e. The molecule has 1 saturated carbocycles. The van der Waals surface area contributed by atoms with Crippen LogP contribution in [0, 0.1) is 5.92 Å². The van der Waals surface area contributed by atoms with Gasteiger partial charge in [-0.25, -0.2) is 0 Å². The molecule has 3 rings (SSSR count). The average Bonchev–Trinajstić information content (AvgIpc) is 3.35. The lowest BCUT2D eigenvalue weighted by atomic mass is 9.82. The number of rotatable bonds is 14. The minimum absolute atomic E-state index is 0.0227. The highest BCUT2D eigenvalue weighted by atomic mass is 16.7. The van der Waals surface area contributed by atoms with Gasteiger partial charge >= 0.3 is 0 Å². The van der Waals surface area contributed by atoms with Gasteiger partial charge in [0.25, 0.3) is 0 Å². The summed E-state index contributed by atoms with van der Waals surface area (Å²) in [5.41, 5.74) is 2.42. The van der Waals surface area contributed by atoms with Crippen molar-refractivity contribution in [3.05, 3.63) is 53.1 Å². The zero-order chi connectivity index (χ0) is 24.3. The summed E-state index contributed by atoms with van der Waals surface area (Å²) in [7, 11) is 6.35. The second-order valence-corrected chi connectivity index (χ2v) is 8.12. The quantitative estimate of drug-likeness (QED) is 0.291. The molecule has 186 valence electrons. The monoisotopic (exact) mass is 474 g/mol. The fourth-order valence-corrected chi connectivity index (χ4v) is 4.43. The van der Waals surface area contributed by atoms with Gasteiger partial charge in [0.05, 0.1) is 6.61 Å². The molecule has 2 atom stereocenters. The number of hydrogen-bond donors (Lipinski definition) is 0. The van der Waals surface area contributed by atoms with Crippen LogP contribution in [0.1, 0.15) is 46.7 Å². The Morgan fingerprint density at radius 3 is 2.09 bits per heavy atom. The van der Waals surface area contributed by atoms with Gasteiger partial charge in [-0.1, -0.05) is 6.42 Å². The summed E-state index contributed by atoms with van der Waals surface area (Å²) in [5.74, 6) is 1.89. The zero-order valence-electron chi connectivity index (χ0n) is 20.3. The Balaban J connectivity index is 1.93. The standard InChI is InChI=1S/C26H34O8/c1-28-14-19-12-21(33-16-30-3)13-24(26(19)34-17-31-4)22-6-5-7-23(22)25(27)18-8-10-20(11-9-18)32-15-29-2/h8-13,22-23H,5-7,14-17H2,1-4H3/t22-,23+/m1/s1. The first-order chi connectivity index (χ1) is 16.6. The molecule has 0 amide bonds. The largest absolute Gasteiger partial charge is 0.468 e. The van der Waals surface area contributed by atoms with Crippen LogP contribution in [0.2, 0.25) is 0 Å². The van der Waals surface area contributed by atoms with Crippen molar-refractivity contribution >= 4 is 5.78 Å². The third-order valence-corrected chi connectivity index (χ3v) is 5.87. The third kappa shape index (κ3) is 6.48. The Kier molecular flexibility index (Phi) is 10.2. The van der Waals surface area contributed by atoms with E-state index in [2.05, 4.69) is 0 Å². The number of methoxy groups -OCH3 is 4. The second-order valence-electron chi connectivity index (χ2n) is 8.12. The lowest BCUT2D eigenvalue weighted by molar-refractivity contribution is 0.0452. The summed E-state index contributed by atoms with van der Waals surface area (Å²) in [6, 6.07) is 11.0. The Morgan fingerprint density at radius 2 is 1.44 bits per heavy atom. The minimum atomic E-state index is -0.177. The maximum atomic E-state index is 13.5. The molecule has 8 nitrogen and oxygen atoms in total. The van der Waals surface area contributed by atoms with E-state index in [1.807, 2.05) is 12.1 Å². The molecule has 8 heteroatoms. The molecule has 34 heavy (non-hydrogen) atoms. The molecule has 1 aliphatic carbocycles. The first-order valence-electron chi connectivity index (χ1n) is 11.3. The van der Waals surface area contributed by atoms with E-state index in [4.69, 9.17) is 33.2 Å². The van der Waals surface area contributed by atoms with Gasteiger partial charge in [0.2, 0.25) is 0 Å². The Hall–Kier alpha value is -2.65. The molecule has 1 aliphatic rings. The number of hydrogen-bond acceptors (Lipinski definition) is 8. The summed E-state index contributed by atoms with van der Waals surface area (Å²) in [4.78, 5) is 13.5. The third-order valence-electron chi connectivity index (χ3n) is 5.87. The first-order valence-corrected chi connectivity index (χ1v) is 11.3. The van der Waals surface area contributed by atoms with Crippen LogP contribution in [-0.2, 0) is 25.6 Å². The lowest BCUT2D eigenvalue weighted by Gasteiger charge is -2.24. The summed E-state index contributed by atoms with van der Waals surface area (Å²) in [5, 5.41) is 0. The molecule has 0 unspecified atom stereocenters. The second kappa shape index (κ2) is 13.3. The highest BCUT2D eigenvalue weighted by Crippen LogP contribution is 2.47.